The third-order valence-electron chi connectivity index (χ3n) is 1.85. The van der Waals surface area contributed by atoms with E-state index in [1.807, 2.05) is 0 Å². The zero-order valence-electron chi connectivity index (χ0n) is 7.59. The van der Waals surface area contributed by atoms with E-state index in [4.69, 9.17) is 10.2 Å². The number of pyridine rings is 1. The highest BCUT2D eigenvalue weighted by atomic mass is 19.4. The Balaban J connectivity index is 3.41. The van der Waals surface area contributed by atoms with Crippen LogP contribution in [-0.2, 0) is 12.8 Å². The first-order valence-electron chi connectivity index (χ1n) is 3.96. The molecule has 0 fully saturated rings. The van der Waals surface area contributed by atoms with Crippen LogP contribution in [0.15, 0.2) is 6.20 Å². The lowest BCUT2D eigenvalue weighted by atomic mass is 10.1. The van der Waals surface area contributed by atoms with E-state index < -0.39 is 41.8 Å². The fourth-order valence-electron chi connectivity index (χ4n) is 1.11. The van der Waals surface area contributed by atoms with Gasteiger partial charge >= 0.3 is 6.18 Å². The number of aliphatic hydroxyl groups excluding tert-OH is 1. The van der Waals surface area contributed by atoms with Crippen molar-refractivity contribution in [1.29, 1.82) is 0 Å². The van der Waals surface area contributed by atoms with Crippen molar-refractivity contribution in [1.82, 2.24) is 4.98 Å². The average Bonchev–Trinajstić information content (AvgIpc) is 2.14. The Hall–Kier alpha value is -1.44. The maximum atomic E-state index is 12.3. The molecule has 0 amide bonds. The maximum absolute atomic E-state index is 12.3. The van der Waals surface area contributed by atoms with Crippen molar-refractivity contribution in [2.75, 3.05) is 0 Å². The van der Waals surface area contributed by atoms with Gasteiger partial charge in [-0.2, -0.15) is 13.2 Å². The van der Waals surface area contributed by atoms with E-state index in [1.165, 1.54) is 0 Å². The largest absolute Gasteiger partial charge is 0.505 e. The van der Waals surface area contributed by atoms with Gasteiger partial charge in [0.1, 0.15) is 0 Å². The normalized spacial score (nSPS) is 12.2. The van der Waals surface area contributed by atoms with Gasteiger partial charge in [0.15, 0.2) is 11.4 Å². The van der Waals surface area contributed by atoms with Crippen molar-refractivity contribution in [2.45, 2.75) is 19.2 Å². The van der Waals surface area contributed by atoms with E-state index in [0.717, 1.165) is 0 Å². The Labute approximate surface area is 86.2 Å². The quantitative estimate of drug-likeness (QED) is 0.783. The lowest BCUT2D eigenvalue weighted by molar-refractivity contribution is -0.142. The summed E-state index contributed by atoms with van der Waals surface area (Å²) < 4.78 is 61.2. The summed E-state index contributed by atoms with van der Waals surface area (Å²) in [5.74, 6) is -1.46. The highest BCUT2D eigenvalue weighted by Crippen LogP contribution is 2.38. The van der Waals surface area contributed by atoms with Crippen LogP contribution in [0.5, 0.6) is 5.75 Å². The molecule has 1 aromatic heterocycles. The summed E-state index contributed by atoms with van der Waals surface area (Å²) in [6.07, 6.45) is -7.80. The van der Waals surface area contributed by atoms with E-state index in [1.54, 1.807) is 0 Å². The van der Waals surface area contributed by atoms with E-state index >= 15 is 0 Å². The first-order chi connectivity index (χ1) is 7.29. The summed E-state index contributed by atoms with van der Waals surface area (Å²) in [5, 5.41) is 17.7. The lowest BCUT2D eigenvalue weighted by Crippen LogP contribution is -2.11. The van der Waals surface area contributed by atoms with Gasteiger partial charge in [-0.3, -0.25) is 0 Å². The summed E-state index contributed by atoms with van der Waals surface area (Å²) in [6.45, 7) is -1.13. The van der Waals surface area contributed by atoms with Crippen LogP contribution in [-0.4, -0.2) is 15.2 Å². The molecule has 1 aromatic rings. The highest BCUT2D eigenvalue weighted by Gasteiger charge is 2.38. The zero-order valence-corrected chi connectivity index (χ0v) is 7.59. The number of hydrogen-bond acceptors (Lipinski definition) is 3. The van der Waals surface area contributed by atoms with Gasteiger partial charge in [-0.1, -0.05) is 0 Å². The van der Waals surface area contributed by atoms with Crippen molar-refractivity contribution in [3.8, 4) is 5.75 Å². The molecule has 0 unspecified atom stereocenters. The van der Waals surface area contributed by atoms with Crippen molar-refractivity contribution < 1.29 is 32.2 Å². The standard InChI is InChI=1S/C8H6F5NO2/c9-7(10)3-1-14-6(8(11,12)13)5(16)4(3)2-15/h1,7,15-16H,2H2. The maximum Gasteiger partial charge on any atom is 0.437 e. The van der Waals surface area contributed by atoms with E-state index in [0.29, 0.717) is 6.20 Å². The molecule has 0 aromatic carbocycles. The molecular weight excluding hydrogens is 237 g/mol. The molecule has 16 heavy (non-hydrogen) atoms. The highest BCUT2D eigenvalue weighted by molar-refractivity contribution is 5.42. The second-order valence-electron chi connectivity index (χ2n) is 2.85. The van der Waals surface area contributed by atoms with Crippen molar-refractivity contribution in [3.05, 3.63) is 23.0 Å². The smallest absolute Gasteiger partial charge is 0.437 e. The van der Waals surface area contributed by atoms with Crippen LogP contribution in [0, 0.1) is 0 Å². The topological polar surface area (TPSA) is 53.4 Å². The minimum absolute atomic E-state index is 0.290. The van der Waals surface area contributed by atoms with Crippen molar-refractivity contribution >= 4 is 0 Å². The average molecular weight is 243 g/mol. The molecule has 0 saturated heterocycles. The fourth-order valence-corrected chi connectivity index (χ4v) is 1.11. The molecular formula is C8H6F5NO2. The molecule has 0 aliphatic rings. The van der Waals surface area contributed by atoms with Crippen LogP contribution in [0.25, 0.3) is 0 Å². The summed E-state index contributed by atoms with van der Waals surface area (Å²) in [6, 6.07) is 0. The monoisotopic (exact) mass is 243 g/mol. The molecule has 0 saturated carbocycles. The second-order valence-corrected chi connectivity index (χ2v) is 2.85. The van der Waals surface area contributed by atoms with Gasteiger partial charge in [-0.25, -0.2) is 13.8 Å². The first-order valence-corrected chi connectivity index (χ1v) is 3.96. The van der Waals surface area contributed by atoms with Gasteiger partial charge in [-0.15, -0.1) is 0 Å². The fraction of sp³-hybridized carbons (Fsp3) is 0.375. The number of halogens is 5. The Morgan fingerprint density at radius 2 is 1.88 bits per heavy atom. The second kappa shape index (κ2) is 4.20. The molecule has 1 rings (SSSR count). The third kappa shape index (κ3) is 2.21. The minimum atomic E-state index is -4.96. The molecule has 90 valence electrons. The van der Waals surface area contributed by atoms with Crippen molar-refractivity contribution in [3.63, 3.8) is 0 Å². The molecule has 1 heterocycles. The number of nitrogens with zero attached hydrogens (tertiary/aromatic N) is 1. The van der Waals surface area contributed by atoms with Gasteiger partial charge in [0, 0.05) is 17.3 Å². The Morgan fingerprint density at radius 1 is 1.31 bits per heavy atom. The van der Waals surface area contributed by atoms with Crippen LogP contribution in [0.2, 0.25) is 0 Å². The molecule has 0 radical (unpaired) electrons. The molecule has 3 nitrogen and oxygen atoms in total. The number of aliphatic hydroxyl groups is 1. The molecule has 0 aliphatic carbocycles. The van der Waals surface area contributed by atoms with Crippen LogP contribution < -0.4 is 0 Å². The van der Waals surface area contributed by atoms with Gasteiger partial charge in [0.05, 0.1) is 6.61 Å². The third-order valence-corrected chi connectivity index (χ3v) is 1.85. The molecule has 2 N–H and O–H groups in total. The molecule has 0 bridgehead atoms. The predicted molar refractivity (Wildman–Crippen MR) is 41.8 cm³/mol. The van der Waals surface area contributed by atoms with E-state index in [-0.39, 0.29) is 0 Å². The summed E-state index contributed by atoms with van der Waals surface area (Å²) in [7, 11) is 0. The van der Waals surface area contributed by atoms with Crippen LogP contribution >= 0.6 is 0 Å². The van der Waals surface area contributed by atoms with Crippen LogP contribution in [0.3, 0.4) is 0 Å². The summed E-state index contributed by atoms with van der Waals surface area (Å²) in [5.41, 5.74) is -3.48. The zero-order chi connectivity index (χ0) is 12.5. The predicted octanol–water partition coefficient (Wildman–Crippen LogP) is 2.24. The Bertz CT molecular complexity index is 391. The van der Waals surface area contributed by atoms with Gasteiger partial charge in [0.25, 0.3) is 6.43 Å². The molecule has 0 aliphatic heterocycles. The minimum Gasteiger partial charge on any atom is -0.505 e. The summed E-state index contributed by atoms with van der Waals surface area (Å²) >= 11 is 0. The Morgan fingerprint density at radius 3 is 2.25 bits per heavy atom. The molecule has 8 heteroatoms. The van der Waals surface area contributed by atoms with Gasteiger partial charge < -0.3 is 10.2 Å². The molecule has 0 spiro atoms. The number of hydrogen-bond donors (Lipinski definition) is 2. The van der Waals surface area contributed by atoms with Gasteiger partial charge in [0.2, 0.25) is 0 Å². The van der Waals surface area contributed by atoms with Crippen LogP contribution in [0.4, 0.5) is 22.0 Å². The first kappa shape index (κ1) is 12.6. The number of aromatic hydroxyl groups is 1. The van der Waals surface area contributed by atoms with Crippen molar-refractivity contribution in [2.24, 2.45) is 0 Å². The Kier molecular flexibility index (Phi) is 3.32. The summed E-state index contributed by atoms with van der Waals surface area (Å²) in [4.78, 5) is 2.71. The van der Waals surface area contributed by atoms with Crippen LogP contribution in [0.1, 0.15) is 23.2 Å². The van der Waals surface area contributed by atoms with E-state index in [2.05, 4.69) is 4.98 Å². The number of rotatable bonds is 2. The van der Waals surface area contributed by atoms with Gasteiger partial charge in [-0.05, 0) is 0 Å². The lowest BCUT2D eigenvalue weighted by Gasteiger charge is -2.13. The van der Waals surface area contributed by atoms with E-state index in [9.17, 15) is 22.0 Å². The SMILES string of the molecule is OCc1c(C(F)F)cnc(C(F)(F)F)c1O. The number of alkyl halides is 5. The molecule has 0 atom stereocenters. The number of aromatic nitrogens is 1.